The Morgan fingerprint density at radius 3 is 2.65 bits per heavy atom. The molecule has 1 heterocycles. The standard InChI is InChI=1S/C10H14N6O/c1-15(11)10-12-13-14-16(10)7-8-3-5-9(17-2)6-4-8/h3-6H,7,11H2,1-2H3. The highest BCUT2D eigenvalue weighted by Crippen LogP contribution is 2.13. The third-order valence-corrected chi connectivity index (χ3v) is 2.32. The first-order chi connectivity index (χ1) is 8.20. The van der Waals surface area contributed by atoms with Crippen molar-refractivity contribution in [1.29, 1.82) is 0 Å². The molecule has 0 saturated carbocycles. The molecule has 2 aromatic rings. The molecule has 1 aromatic carbocycles. The number of methoxy groups -OCH3 is 1. The molecule has 0 aliphatic rings. The summed E-state index contributed by atoms with van der Waals surface area (Å²) in [6.07, 6.45) is 0. The first-order valence-electron chi connectivity index (χ1n) is 5.08. The number of nitrogens with zero attached hydrogens (tertiary/aromatic N) is 5. The average Bonchev–Trinajstić information content (AvgIpc) is 2.78. The van der Waals surface area contributed by atoms with Crippen molar-refractivity contribution in [3.8, 4) is 5.75 Å². The topological polar surface area (TPSA) is 82.1 Å². The summed E-state index contributed by atoms with van der Waals surface area (Å²) < 4.78 is 6.72. The third kappa shape index (κ3) is 2.51. The number of nitrogens with two attached hydrogens (primary N) is 1. The number of anilines is 1. The van der Waals surface area contributed by atoms with Crippen molar-refractivity contribution >= 4 is 5.95 Å². The van der Waals surface area contributed by atoms with Gasteiger partial charge in [-0.3, -0.25) is 5.01 Å². The zero-order chi connectivity index (χ0) is 12.3. The molecule has 7 nitrogen and oxygen atoms in total. The Kier molecular flexibility index (Phi) is 3.20. The average molecular weight is 234 g/mol. The van der Waals surface area contributed by atoms with E-state index >= 15 is 0 Å². The molecule has 0 spiro atoms. The van der Waals surface area contributed by atoms with Crippen LogP contribution in [-0.2, 0) is 6.54 Å². The normalized spacial score (nSPS) is 10.3. The van der Waals surface area contributed by atoms with E-state index in [0.717, 1.165) is 11.3 Å². The highest BCUT2D eigenvalue weighted by molar-refractivity contribution is 5.29. The van der Waals surface area contributed by atoms with Crippen LogP contribution in [0.1, 0.15) is 5.56 Å². The lowest BCUT2D eigenvalue weighted by atomic mass is 10.2. The Balaban J connectivity index is 2.16. The minimum Gasteiger partial charge on any atom is -0.497 e. The number of hydrogen-bond donors (Lipinski definition) is 1. The van der Waals surface area contributed by atoms with Gasteiger partial charge in [0.1, 0.15) is 5.75 Å². The Bertz CT molecular complexity index is 478. The van der Waals surface area contributed by atoms with Crippen LogP contribution < -0.4 is 15.6 Å². The number of tetrazole rings is 1. The van der Waals surface area contributed by atoms with Crippen molar-refractivity contribution < 1.29 is 4.74 Å². The first-order valence-corrected chi connectivity index (χ1v) is 5.08. The van der Waals surface area contributed by atoms with Gasteiger partial charge in [-0.2, -0.15) is 0 Å². The van der Waals surface area contributed by atoms with Crippen molar-refractivity contribution in [2.24, 2.45) is 5.84 Å². The van der Waals surface area contributed by atoms with Gasteiger partial charge in [-0.15, -0.1) is 0 Å². The van der Waals surface area contributed by atoms with Crippen LogP contribution >= 0.6 is 0 Å². The zero-order valence-corrected chi connectivity index (χ0v) is 9.74. The summed E-state index contributed by atoms with van der Waals surface area (Å²) in [6.45, 7) is 0.563. The lowest BCUT2D eigenvalue weighted by Crippen LogP contribution is -2.28. The second-order valence-corrected chi connectivity index (χ2v) is 3.60. The largest absolute Gasteiger partial charge is 0.497 e. The predicted molar refractivity (Wildman–Crippen MR) is 62.5 cm³/mol. The van der Waals surface area contributed by atoms with Crippen LogP contribution in [0.3, 0.4) is 0 Å². The number of benzene rings is 1. The Morgan fingerprint density at radius 1 is 1.35 bits per heavy atom. The Labute approximate surface area is 98.8 Å². The van der Waals surface area contributed by atoms with E-state index in [1.165, 1.54) is 5.01 Å². The first kappa shape index (κ1) is 11.3. The van der Waals surface area contributed by atoms with Crippen molar-refractivity contribution in [1.82, 2.24) is 20.2 Å². The second kappa shape index (κ2) is 4.79. The van der Waals surface area contributed by atoms with Gasteiger partial charge in [0.2, 0.25) is 0 Å². The summed E-state index contributed by atoms with van der Waals surface area (Å²) in [4.78, 5) is 0. The summed E-state index contributed by atoms with van der Waals surface area (Å²) in [5, 5.41) is 12.7. The summed E-state index contributed by atoms with van der Waals surface area (Å²) in [6, 6.07) is 7.71. The summed E-state index contributed by atoms with van der Waals surface area (Å²) >= 11 is 0. The van der Waals surface area contributed by atoms with Gasteiger partial charge in [-0.25, -0.2) is 10.5 Å². The lowest BCUT2D eigenvalue weighted by molar-refractivity contribution is 0.414. The molecule has 0 amide bonds. The Hall–Kier alpha value is -2.15. The van der Waals surface area contributed by atoms with E-state index in [-0.39, 0.29) is 0 Å². The van der Waals surface area contributed by atoms with Crippen molar-refractivity contribution in [3.63, 3.8) is 0 Å². The molecule has 2 rings (SSSR count). The number of ether oxygens (including phenoxy) is 1. The van der Waals surface area contributed by atoms with Crippen molar-refractivity contribution in [3.05, 3.63) is 29.8 Å². The van der Waals surface area contributed by atoms with Crippen molar-refractivity contribution in [2.45, 2.75) is 6.54 Å². The maximum Gasteiger partial charge on any atom is 0.259 e. The number of rotatable bonds is 4. The van der Waals surface area contributed by atoms with E-state index in [1.807, 2.05) is 24.3 Å². The molecule has 0 unspecified atom stereocenters. The highest BCUT2D eigenvalue weighted by Gasteiger charge is 2.08. The van der Waals surface area contributed by atoms with Gasteiger partial charge in [0, 0.05) is 7.05 Å². The van der Waals surface area contributed by atoms with Gasteiger partial charge in [0.05, 0.1) is 13.7 Å². The predicted octanol–water partition coefficient (Wildman–Crippen LogP) is 0.0399. The van der Waals surface area contributed by atoms with E-state index in [9.17, 15) is 0 Å². The van der Waals surface area contributed by atoms with E-state index in [1.54, 1.807) is 18.8 Å². The van der Waals surface area contributed by atoms with Crippen LogP contribution in [0.2, 0.25) is 0 Å². The SMILES string of the molecule is COc1ccc(Cn2nnnc2N(C)N)cc1. The molecule has 0 atom stereocenters. The fourth-order valence-electron chi connectivity index (χ4n) is 1.46. The van der Waals surface area contributed by atoms with Crippen LogP contribution in [0, 0.1) is 0 Å². The smallest absolute Gasteiger partial charge is 0.259 e. The number of aromatic nitrogens is 4. The van der Waals surface area contributed by atoms with Gasteiger partial charge in [0.25, 0.3) is 5.95 Å². The quantitative estimate of drug-likeness (QED) is 0.594. The van der Waals surface area contributed by atoms with E-state index in [0.29, 0.717) is 12.5 Å². The van der Waals surface area contributed by atoms with Gasteiger partial charge in [-0.1, -0.05) is 17.2 Å². The van der Waals surface area contributed by atoms with Gasteiger partial charge in [0.15, 0.2) is 0 Å². The van der Waals surface area contributed by atoms with Crippen molar-refractivity contribution in [2.75, 3.05) is 19.2 Å². The minimum absolute atomic E-state index is 0.515. The number of hydrazine groups is 1. The van der Waals surface area contributed by atoms with Crippen LogP contribution in [0.25, 0.3) is 0 Å². The summed E-state index contributed by atoms with van der Waals surface area (Å²) in [5.41, 5.74) is 1.07. The van der Waals surface area contributed by atoms with Crippen LogP contribution in [0.5, 0.6) is 5.75 Å². The molecular formula is C10H14N6O. The fourth-order valence-corrected chi connectivity index (χ4v) is 1.46. The van der Waals surface area contributed by atoms with Crippen LogP contribution in [0.4, 0.5) is 5.95 Å². The molecule has 0 radical (unpaired) electrons. The molecule has 0 aliphatic carbocycles. The molecule has 0 saturated heterocycles. The molecule has 0 aliphatic heterocycles. The van der Waals surface area contributed by atoms with Crippen LogP contribution in [-0.4, -0.2) is 34.4 Å². The van der Waals surface area contributed by atoms with E-state index in [4.69, 9.17) is 10.6 Å². The van der Waals surface area contributed by atoms with E-state index in [2.05, 4.69) is 15.5 Å². The zero-order valence-electron chi connectivity index (χ0n) is 9.74. The minimum atomic E-state index is 0.515. The van der Waals surface area contributed by atoms with E-state index < -0.39 is 0 Å². The monoisotopic (exact) mass is 234 g/mol. The molecular weight excluding hydrogens is 220 g/mol. The maximum atomic E-state index is 5.61. The van der Waals surface area contributed by atoms with Gasteiger partial charge < -0.3 is 4.74 Å². The summed E-state index contributed by atoms with van der Waals surface area (Å²) in [5.74, 6) is 6.94. The molecule has 7 heteroatoms. The molecule has 1 aromatic heterocycles. The van der Waals surface area contributed by atoms with Crippen LogP contribution in [0.15, 0.2) is 24.3 Å². The Morgan fingerprint density at radius 2 is 2.06 bits per heavy atom. The fraction of sp³-hybridized carbons (Fsp3) is 0.300. The molecule has 2 N–H and O–H groups in total. The van der Waals surface area contributed by atoms with Gasteiger partial charge in [-0.05, 0) is 28.1 Å². The molecule has 0 bridgehead atoms. The van der Waals surface area contributed by atoms with Gasteiger partial charge >= 0.3 is 0 Å². The molecule has 17 heavy (non-hydrogen) atoms. The molecule has 90 valence electrons. The maximum absolute atomic E-state index is 5.61. The third-order valence-electron chi connectivity index (χ3n) is 2.32. The summed E-state index contributed by atoms with van der Waals surface area (Å²) in [7, 11) is 3.33. The second-order valence-electron chi connectivity index (χ2n) is 3.60. The lowest BCUT2D eigenvalue weighted by Gasteiger charge is -2.11. The number of hydrogen-bond acceptors (Lipinski definition) is 6. The highest BCUT2D eigenvalue weighted by atomic mass is 16.5. The molecule has 0 fully saturated rings.